The third kappa shape index (κ3) is 6.88. The van der Waals surface area contributed by atoms with E-state index in [4.69, 9.17) is 9.47 Å². The fourth-order valence-electron chi connectivity index (χ4n) is 6.57. The zero-order valence-corrected chi connectivity index (χ0v) is 26.1. The fraction of sp³-hybridized carbons (Fsp3) is 0.733. The van der Waals surface area contributed by atoms with Gasteiger partial charge in [-0.15, -0.1) is 13.2 Å². The lowest BCUT2D eigenvalue weighted by molar-refractivity contribution is -0.159. The molecule has 0 aromatic rings. The van der Waals surface area contributed by atoms with E-state index < -0.39 is 41.7 Å². The number of amides is 3. The molecule has 3 saturated heterocycles. The summed E-state index contributed by atoms with van der Waals surface area (Å²) in [5.41, 5.74) is -1.18. The molecule has 2 bridgehead atoms. The van der Waals surface area contributed by atoms with Crippen molar-refractivity contribution in [2.75, 3.05) is 26.2 Å². The maximum atomic E-state index is 14.3. The van der Waals surface area contributed by atoms with E-state index in [1.165, 1.54) is 0 Å². The van der Waals surface area contributed by atoms with E-state index in [1.54, 1.807) is 28.9 Å². The number of rotatable bonds is 17. The number of hydrogen-bond acceptors (Lipinski definition) is 7. The molecule has 0 aliphatic carbocycles. The number of alkyl halides is 1. The molecular weight excluding hydrogens is 594 g/mol. The summed E-state index contributed by atoms with van der Waals surface area (Å²) in [4.78, 5) is 57.1. The Morgan fingerprint density at radius 1 is 1.29 bits per heavy atom. The molecule has 0 radical (unpaired) electrons. The topological polar surface area (TPSA) is 125 Å². The Hall–Kier alpha value is -2.24. The van der Waals surface area contributed by atoms with E-state index in [0.29, 0.717) is 38.6 Å². The molecule has 2 unspecified atom stereocenters. The molecule has 3 rings (SSSR count). The van der Waals surface area contributed by atoms with Gasteiger partial charge in [0, 0.05) is 37.0 Å². The van der Waals surface area contributed by atoms with Crippen LogP contribution in [0.5, 0.6) is 0 Å². The summed E-state index contributed by atoms with van der Waals surface area (Å²) >= 11 is 3.68. The number of fused-ring (bicyclic) bond motifs is 1. The molecular formula is C30H46BrN3O7. The number of likely N-dealkylation sites (tertiary alicyclic amines) is 1. The number of carbonyl (C=O) groups excluding carboxylic acids is 4. The summed E-state index contributed by atoms with van der Waals surface area (Å²) in [6.07, 6.45) is 6.04. The molecule has 3 aliphatic rings. The zero-order valence-electron chi connectivity index (χ0n) is 24.6. The first-order valence-electron chi connectivity index (χ1n) is 14.8. The third-order valence-corrected chi connectivity index (χ3v) is 9.27. The van der Waals surface area contributed by atoms with Crippen molar-refractivity contribution in [3.63, 3.8) is 0 Å². The van der Waals surface area contributed by atoms with Crippen LogP contribution in [-0.4, -0.2) is 99.6 Å². The molecule has 3 fully saturated rings. The summed E-state index contributed by atoms with van der Waals surface area (Å²) in [6, 6.07) is -0.973. The number of ether oxygens (including phenoxy) is 2. The lowest BCUT2D eigenvalue weighted by Crippen LogP contribution is -2.58. The van der Waals surface area contributed by atoms with E-state index in [1.807, 2.05) is 6.92 Å². The van der Waals surface area contributed by atoms with Crippen molar-refractivity contribution in [2.24, 2.45) is 11.8 Å². The molecule has 41 heavy (non-hydrogen) atoms. The minimum absolute atomic E-state index is 0.0235. The maximum absolute atomic E-state index is 14.3. The number of aliphatic hydroxyl groups excluding tert-OH is 1. The second kappa shape index (κ2) is 14.8. The molecule has 11 heteroatoms. The van der Waals surface area contributed by atoms with Gasteiger partial charge >= 0.3 is 5.97 Å². The van der Waals surface area contributed by atoms with Crippen LogP contribution in [0.2, 0.25) is 0 Å². The predicted octanol–water partition coefficient (Wildman–Crippen LogP) is 2.72. The first-order chi connectivity index (χ1) is 19.6. The molecule has 0 aromatic heterocycles. The van der Waals surface area contributed by atoms with Crippen molar-refractivity contribution in [1.29, 1.82) is 0 Å². The number of nitrogens with zero attached hydrogens (tertiary/aromatic N) is 2. The smallest absolute Gasteiger partial charge is 0.312 e. The second-order valence-corrected chi connectivity index (χ2v) is 12.6. The summed E-state index contributed by atoms with van der Waals surface area (Å²) in [5, 5.41) is 12.1. The van der Waals surface area contributed by atoms with Gasteiger partial charge in [-0.25, -0.2) is 0 Å². The monoisotopic (exact) mass is 639 g/mol. The average molecular weight is 641 g/mol. The third-order valence-electron chi connectivity index (χ3n) is 8.43. The number of nitrogens with one attached hydrogen (secondary N) is 1. The first kappa shape index (κ1) is 33.3. The van der Waals surface area contributed by atoms with Gasteiger partial charge < -0.3 is 29.7 Å². The highest BCUT2D eigenvalue weighted by Crippen LogP contribution is 2.60. The molecule has 1 spiro atoms. The Balaban J connectivity index is 1.89. The molecule has 8 atom stereocenters. The van der Waals surface area contributed by atoms with Crippen molar-refractivity contribution < 1.29 is 33.8 Å². The van der Waals surface area contributed by atoms with Gasteiger partial charge in [0.15, 0.2) is 0 Å². The van der Waals surface area contributed by atoms with Gasteiger partial charge in [0.25, 0.3) is 0 Å². The molecule has 3 aliphatic heterocycles. The van der Waals surface area contributed by atoms with Gasteiger partial charge in [-0.3, -0.25) is 19.2 Å². The lowest BCUT2D eigenvalue weighted by atomic mass is 9.70. The Morgan fingerprint density at radius 2 is 2.02 bits per heavy atom. The molecule has 10 nitrogen and oxygen atoms in total. The maximum Gasteiger partial charge on any atom is 0.312 e. The number of aliphatic hydroxyl groups is 1. The normalized spacial score (nSPS) is 29.5. The molecule has 2 N–H and O–H groups in total. The Kier molecular flexibility index (Phi) is 12.0. The van der Waals surface area contributed by atoms with Crippen LogP contribution in [0, 0.1) is 11.8 Å². The summed E-state index contributed by atoms with van der Waals surface area (Å²) in [6.45, 7) is 13.9. The highest BCUT2D eigenvalue weighted by molar-refractivity contribution is 9.09. The molecule has 230 valence electrons. The zero-order chi connectivity index (χ0) is 30.3. The van der Waals surface area contributed by atoms with Gasteiger partial charge in [-0.05, 0) is 46.0 Å². The van der Waals surface area contributed by atoms with Gasteiger partial charge in [0.1, 0.15) is 17.7 Å². The van der Waals surface area contributed by atoms with E-state index in [-0.39, 0.29) is 48.3 Å². The number of esters is 1. The Morgan fingerprint density at radius 3 is 2.66 bits per heavy atom. The van der Waals surface area contributed by atoms with E-state index in [2.05, 4.69) is 41.3 Å². The summed E-state index contributed by atoms with van der Waals surface area (Å²) in [7, 11) is 0. The Bertz CT molecular complexity index is 993. The van der Waals surface area contributed by atoms with Crippen molar-refractivity contribution >= 4 is 39.6 Å². The predicted molar refractivity (Wildman–Crippen MR) is 158 cm³/mol. The summed E-state index contributed by atoms with van der Waals surface area (Å²) in [5.74, 6) is -2.99. The second-order valence-electron chi connectivity index (χ2n) is 11.4. The van der Waals surface area contributed by atoms with Gasteiger partial charge in [0.05, 0.1) is 24.5 Å². The summed E-state index contributed by atoms with van der Waals surface area (Å²) < 4.78 is 12.3. The molecule has 0 aromatic carbocycles. The largest absolute Gasteiger partial charge is 0.460 e. The van der Waals surface area contributed by atoms with Crippen LogP contribution in [0.25, 0.3) is 0 Å². The first-order valence-corrected chi connectivity index (χ1v) is 15.7. The van der Waals surface area contributed by atoms with Crippen molar-refractivity contribution in [1.82, 2.24) is 15.1 Å². The van der Waals surface area contributed by atoms with Crippen LogP contribution in [0.1, 0.15) is 65.7 Å². The lowest BCUT2D eigenvalue weighted by Gasteiger charge is -2.39. The number of halogens is 1. The quantitative estimate of drug-likeness (QED) is 0.108. The van der Waals surface area contributed by atoms with Crippen molar-refractivity contribution in [3.8, 4) is 0 Å². The standard InChI is InChI=1S/C30H46BrN3O7/c1-6-9-13-22(36)32-18-20(5)40-29(39)23-24-27(37)34(15-10-11-16-35)26(30(24)17-21(31)25(23)41-30)28(38)33(14-8-3)19(4)12-7-2/h6,8,19-21,23-26,35H,1,3,7,9-18H2,2,4-5H3,(H,32,36)/t19?,20-,21?,23-,24+,25-,26-,30+/m0/s1. The number of hydrogen-bond donors (Lipinski definition) is 2. The van der Waals surface area contributed by atoms with Crippen LogP contribution in [0.3, 0.4) is 0 Å². The van der Waals surface area contributed by atoms with Crippen molar-refractivity contribution in [2.45, 2.75) is 100 Å². The molecule has 3 heterocycles. The van der Waals surface area contributed by atoms with Crippen LogP contribution in [0.4, 0.5) is 0 Å². The number of unbranched alkanes of at least 4 members (excludes halogenated alkanes) is 1. The van der Waals surface area contributed by atoms with Crippen LogP contribution in [0.15, 0.2) is 25.3 Å². The van der Waals surface area contributed by atoms with Crippen LogP contribution >= 0.6 is 15.9 Å². The minimum atomic E-state index is -1.18. The average Bonchev–Trinajstić information content (AvgIpc) is 3.52. The van der Waals surface area contributed by atoms with Gasteiger partial charge in [-0.2, -0.15) is 0 Å². The van der Waals surface area contributed by atoms with Gasteiger partial charge in [-0.1, -0.05) is 41.4 Å². The van der Waals surface area contributed by atoms with Crippen LogP contribution < -0.4 is 5.32 Å². The van der Waals surface area contributed by atoms with Crippen LogP contribution in [-0.2, 0) is 28.7 Å². The van der Waals surface area contributed by atoms with E-state index in [9.17, 15) is 24.3 Å². The SMILES string of the molecule is C=CCCC(=O)NC[C@H](C)OC(=O)[C@@H]1[C@H]2O[C@@]3(CC2Br)[C@H](C(=O)N(CC=C)C(C)CCC)N(CCCCO)C(=O)[C@@H]13. The minimum Gasteiger partial charge on any atom is -0.460 e. The highest BCUT2D eigenvalue weighted by atomic mass is 79.9. The van der Waals surface area contributed by atoms with Gasteiger partial charge in [0.2, 0.25) is 17.7 Å². The Labute approximate surface area is 252 Å². The highest BCUT2D eigenvalue weighted by Gasteiger charge is 2.77. The number of allylic oxidation sites excluding steroid dienone is 1. The van der Waals surface area contributed by atoms with Crippen molar-refractivity contribution in [3.05, 3.63) is 25.3 Å². The van der Waals surface area contributed by atoms with E-state index >= 15 is 0 Å². The van der Waals surface area contributed by atoms with E-state index in [0.717, 1.165) is 12.8 Å². The molecule has 3 amide bonds. The molecule has 0 saturated carbocycles. The number of carbonyl (C=O) groups is 4. The fourth-order valence-corrected chi connectivity index (χ4v) is 7.51.